The van der Waals surface area contributed by atoms with E-state index in [-0.39, 0.29) is 24.1 Å². The Morgan fingerprint density at radius 1 is 1.20 bits per heavy atom. The van der Waals surface area contributed by atoms with E-state index in [1.54, 1.807) is 27.7 Å². The second-order valence-electron chi connectivity index (χ2n) is 11.0. The van der Waals surface area contributed by atoms with Gasteiger partial charge in [-0.2, -0.15) is 5.10 Å². The van der Waals surface area contributed by atoms with Crippen LogP contribution in [0.25, 0.3) is 22.6 Å². The number of hydrogen-bond donors (Lipinski definition) is 1. The molecule has 0 aliphatic carbocycles. The predicted octanol–water partition coefficient (Wildman–Crippen LogP) is 5.78. The first-order valence-electron chi connectivity index (χ1n) is 13.5. The number of rotatable bonds is 5. The molecule has 1 N–H and O–H groups in total. The Morgan fingerprint density at radius 3 is 2.61 bits per heavy atom. The van der Waals surface area contributed by atoms with E-state index in [0.29, 0.717) is 28.5 Å². The molecule has 6 rings (SSSR count). The number of carbonyl (C=O) groups is 1. The van der Waals surface area contributed by atoms with E-state index in [9.17, 15) is 9.59 Å². The van der Waals surface area contributed by atoms with E-state index in [1.165, 1.54) is 0 Å². The molecule has 1 atom stereocenters. The summed E-state index contributed by atoms with van der Waals surface area (Å²) in [5.41, 5.74) is 6.86. The number of carbonyl (C=O) groups excluding carboxylic acids is 1. The van der Waals surface area contributed by atoms with Crippen LogP contribution < -0.4 is 5.56 Å². The molecule has 0 unspecified atom stereocenters. The SMILES string of the molecule is Cc1nn[nH]c1-c1ccc(-n2c(=O)c3c(n4ncc(CC(C)C)c24)CN(C(=O)c2ccc(Br)c(Cl)c2)[C@H](C)C3)cc1. The van der Waals surface area contributed by atoms with Crippen molar-refractivity contribution in [3.63, 3.8) is 0 Å². The number of nitrogens with one attached hydrogen (secondary N) is 1. The summed E-state index contributed by atoms with van der Waals surface area (Å²) in [5.74, 6) is 0.227. The summed E-state index contributed by atoms with van der Waals surface area (Å²) >= 11 is 9.69. The van der Waals surface area contributed by atoms with Gasteiger partial charge in [0, 0.05) is 32.8 Å². The molecule has 3 aromatic heterocycles. The van der Waals surface area contributed by atoms with Gasteiger partial charge in [0.25, 0.3) is 11.5 Å². The first-order chi connectivity index (χ1) is 19.6. The largest absolute Gasteiger partial charge is 0.330 e. The normalized spacial score (nSPS) is 15.1. The Balaban J connectivity index is 1.49. The molecule has 9 nitrogen and oxygen atoms in total. The van der Waals surface area contributed by atoms with Gasteiger partial charge in [-0.1, -0.05) is 42.8 Å². The molecule has 0 radical (unpaired) electrons. The fourth-order valence-electron chi connectivity index (χ4n) is 5.61. The highest BCUT2D eigenvalue weighted by molar-refractivity contribution is 9.10. The zero-order chi connectivity index (χ0) is 29.0. The number of aromatic amines is 1. The highest BCUT2D eigenvalue weighted by Crippen LogP contribution is 2.30. The van der Waals surface area contributed by atoms with Crippen LogP contribution in [0.3, 0.4) is 0 Å². The minimum Gasteiger partial charge on any atom is -0.330 e. The highest BCUT2D eigenvalue weighted by atomic mass is 79.9. The van der Waals surface area contributed by atoms with Crippen LogP contribution in [0.5, 0.6) is 0 Å². The van der Waals surface area contributed by atoms with Crippen LogP contribution in [0.4, 0.5) is 0 Å². The van der Waals surface area contributed by atoms with E-state index in [1.807, 2.05) is 48.8 Å². The fourth-order valence-corrected chi connectivity index (χ4v) is 6.03. The lowest BCUT2D eigenvalue weighted by atomic mass is 9.98. The van der Waals surface area contributed by atoms with Crippen molar-refractivity contribution < 1.29 is 4.79 Å². The third kappa shape index (κ3) is 4.78. The molecule has 0 fully saturated rings. The van der Waals surface area contributed by atoms with E-state index in [2.05, 4.69) is 45.2 Å². The Labute approximate surface area is 250 Å². The number of fused-ring (bicyclic) bond motifs is 3. The second kappa shape index (κ2) is 10.6. The molecule has 0 saturated heterocycles. The van der Waals surface area contributed by atoms with Crippen LogP contribution in [-0.2, 0) is 19.4 Å². The number of hydrogen-bond acceptors (Lipinski definition) is 5. The Hall–Kier alpha value is -3.76. The van der Waals surface area contributed by atoms with Gasteiger partial charge in [-0.3, -0.25) is 19.3 Å². The van der Waals surface area contributed by atoms with Crippen LogP contribution in [-0.4, -0.2) is 46.4 Å². The number of benzene rings is 2. The highest BCUT2D eigenvalue weighted by Gasteiger charge is 2.33. The number of H-pyrrole nitrogens is 1. The van der Waals surface area contributed by atoms with Crippen molar-refractivity contribution >= 4 is 39.1 Å². The van der Waals surface area contributed by atoms with Crippen molar-refractivity contribution in [2.45, 2.75) is 53.1 Å². The summed E-state index contributed by atoms with van der Waals surface area (Å²) in [6, 6.07) is 12.8. The maximum atomic E-state index is 14.3. The molecule has 0 spiro atoms. The van der Waals surface area contributed by atoms with Crippen LogP contribution in [0.15, 0.2) is 57.9 Å². The van der Waals surface area contributed by atoms with Crippen LogP contribution in [0.1, 0.15) is 53.6 Å². The van der Waals surface area contributed by atoms with E-state index < -0.39 is 0 Å². The molecule has 1 aliphatic heterocycles. The minimum absolute atomic E-state index is 0.0872. The van der Waals surface area contributed by atoms with E-state index >= 15 is 0 Å². The van der Waals surface area contributed by atoms with Gasteiger partial charge in [-0.25, -0.2) is 4.52 Å². The standard InChI is InChI=1S/C30H29BrClN7O2/c1-16(2)11-21-14-33-39-26-15-37(29(40)20-7-10-24(31)25(32)13-20)17(3)12-23(26)30(41)38(28(21)39)22-8-5-19(6-9-22)27-18(4)34-36-35-27/h5-10,13-14,16-17H,11-12,15H2,1-4H3,(H,34,35,36)/t17-/m1/s1. The van der Waals surface area contributed by atoms with Gasteiger partial charge in [0.15, 0.2) is 0 Å². The average molecular weight is 635 g/mol. The molecular formula is C30H29BrClN7O2. The first kappa shape index (κ1) is 27.4. The molecule has 0 saturated carbocycles. The van der Waals surface area contributed by atoms with Gasteiger partial charge < -0.3 is 4.90 Å². The summed E-state index contributed by atoms with van der Waals surface area (Å²) in [4.78, 5) is 29.7. The first-order valence-corrected chi connectivity index (χ1v) is 14.7. The van der Waals surface area contributed by atoms with Crippen molar-refractivity contribution in [3.05, 3.63) is 96.6 Å². The van der Waals surface area contributed by atoms with Gasteiger partial charge >= 0.3 is 0 Å². The summed E-state index contributed by atoms with van der Waals surface area (Å²) in [5, 5.41) is 16.1. The van der Waals surface area contributed by atoms with Crippen molar-refractivity contribution in [2.75, 3.05) is 0 Å². The average Bonchev–Trinajstić information content (AvgIpc) is 3.56. The summed E-state index contributed by atoms with van der Waals surface area (Å²) < 4.78 is 4.35. The molecule has 0 bridgehead atoms. The summed E-state index contributed by atoms with van der Waals surface area (Å²) in [7, 11) is 0. The number of nitrogens with zero attached hydrogens (tertiary/aromatic N) is 6. The number of aryl methyl sites for hydroxylation is 1. The number of aromatic nitrogens is 6. The van der Waals surface area contributed by atoms with Gasteiger partial charge in [-0.05, 0) is 78.9 Å². The molecule has 1 amide bonds. The van der Waals surface area contributed by atoms with Crippen LogP contribution >= 0.6 is 27.5 Å². The fraction of sp³-hybridized carbons (Fsp3) is 0.300. The zero-order valence-electron chi connectivity index (χ0n) is 23.2. The van der Waals surface area contributed by atoms with Crippen molar-refractivity contribution in [2.24, 2.45) is 5.92 Å². The lowest BCUT2D eigenvalue weighted by Crippen LogP contribution is -2.46. The maximum absolute atomic E-state index is 14.3. The Kier molecular flexibility index (Phi) is 7.07. The second-order valence-corrected chi connectivity index (χ2v) is 12.3. The molecule has 1 aliphatic rings. The van der Waals surface area contributed by atoms with Crippen molar-refractivity contribution in [1.29, 1.82) is 0 Å². The molecule has 41 heavy (non-hydrogen) atoms. The quantitative estimate of drug-likeness (QED) is 0.264. The van der Waals surface area contributed by atoms with E-state index in [0.717, 1.165) is 50.4 Å². The molecule has 11 heteroatoms. The summed E-state index contributed by atoms with van der Waals surface area (Å²) in [6.07, 6.45) is 3.02. The van der Waals surface area contributed by atoms with Gasteiger partial charge in [0.2, 0.25) is 0 Å². The van der Waals surface area contributed by atoms with Crippen molar-refractivity contribution in [3.8, 4) is 16.9 Å². The molecule has 210 valence electrons. The minimum atomic E-state index is -0.194. The Bertz CT molecular complexity index is 1860. The van der Waals surface area contributed by atoms with Crippen LogP contribution in [0.2, 0.25) is 5.02 Å². The molecular weight excluding hydrogens is 606 g/mol. The zero-order valence-corrected chi connectivity index (χ0v) is 25.5. The monoisotopic (exact) mass is 633 g/mol. The van der Waals surface area contributed by atoms with Gasteiger partial charge in [0.1, 0.15) is 5.65 Å². The smallest absolute Gasteiger partial charge is 0.261 e. The number of halogens is 2. The topological polar surface area (TPSA) is 101 Å². The predicted molar refractivity (Wildman–Crippen MR) is 162 cm³/mol. The molecule has 2 aromatic carbocycles. The van der Waals surface area contributed by atoms with Crippen molar-refractivity contribution in [1.82, 2.24) is 34.5 Å². The lowest BCUT2D eigenvalue weighted by molar-refractivity contribution is 0.0651. The van der Waals surface area contributed by atoms with E-state index in [4.69, 9.17) is 16.7 Å². The molecule has 5 aromatic rings. The third-order valence-corrected chi connectivity index (χ3v) is 8.87. The maximum Gasteiger partial charge on any atom is 0.261 e. The third-order valence-electron chi connectivity index (χ3n) is 7.64. The van der Waals surface area contributed by atoms with Gasteiger partial charge in [0.05, 0.1) is 40.5 Å². The Morgan fingerprint density at radius 2 is 1.95 bits per heavy atom. The van der Waals surface area contributed by atoms with Gasteiger partial charge in [-0.15, -0.1) is 5.10 Å². The number of amides is 1. The van der Waals surface area contributed by atoms with Crippen LogP contribution in [0, 0.1) is 12.8 Å². The summed E-state index contributed by atoms with van der Waals surface area (Å²) in [6.45, 7) is 8.42. The molecule has 4 heterocycles. The lowest BCUT2D eigenvalue weighted by Gasteiger charge is -2.35.